The SMILES string of the molecule is O=C(Nc1ccc(-c2nccs2)cc1)c1cc(F)cc(F)c1. The van der Waals surface area contributed by atoms with E-state index in [-0.39, 0.29) is 5.56 Å². The molecule has 22 heavy (non-hydrogen) atoms. The van der Waals surface area contributed by atoms with Crippen LogP contribution in [0.15, 0.2) is 54.0 Å². The summed E-state index contributed by atoms with van der Waals surface area (Å²) in [6.07, 6.45) is 1.72. The van der Waals surface area contributed by atoms with E-state index in [2.05, 4.69) is 10.3 Å². The van der Waals surface area contributed by atoms with Crippen LogP contribution in [0, 0.1) is 11.6 Å². The van der Waals surface area contributed by atoms with Crippen molar-refractivity contribution in [3.8, 4) is 10.6 Å². The van der Waals surface area contributed by atoms with Crippen molar-refractivity contribution in [1.29, 1.82) is 0 Å². The van der Waals surface area contributed by atoms with Gasteiger partial charge in [-0.2, -0.15) is 0 Å². The second-order valence-corrected chi connectivity index (χ2v) is 5.42. The van der Waals surface area contributed by atoms with Gasteiger partial charge in [0.25, 0.3) is 5.91 Å². The molecule has 3 rings (SSSR count). The Morgan fingerprint density at radius 2 is 1.73 bits per heavy atom. The van der Waals surface area contributed by atoms with Gasteiger partial charge in [-0.1, -0.05) is 0 Å². The van der Waals surface area contributed by atoms with E-state index in [1.807, 2.05) is 17.5 Å². The predicted octanol–water partition coefficient (Wildman–Crippen LogP) is 4.34. The van der Waals surface area contributed by atoms with E-state index in [9.17, 15) is 13.6 Å². The molecular formula is C16H10F2N2OS. The summed E-state index contributed by atoms with van der Waals surface area (Å²) in [6.45, 7) is 0. The fourth-order valence-electron chi connectivity index (χ4n) is 1.95. The van der Waals surface area contributed by atoms with Crippen LogP contribution in [0.4, 0.5) is 14.5 Å². The quantitative estimate of drug-likeness (QED) is 0.781. The third-order valence-electron chi connectivity index (χ3n) is 2.95. The molecule has 0 saturated heterocycles. The average molecular weight is 316 g/mol. The van der Waals surface area contributed by atoms with E-state index >= 15 is 0 Å². The molecule has 0 aliphatic carbocycles. The Hall–Kier alpha value is -2.60. The first-order valence-corrected chi connectivity index (χ1v) is 7.27. The van der Waals surface area contributed by atoms with Gasteiger partial charge in [0.2, 0.25) is 0 Å². The van der Waals surface area contributed by atoms with Crippen LogP contribution in [-0.4, -0.2) is 10.9 Å². The molecule has 0 radical (unpaired) electrons. The van der Waals surface area contributed by atoms with Gasteiger partial charge < -0.3 is 5.32 Å². The van der Waals surface area contributed by atoms with Crippen LogP contribution >= 0.6 is 11.3 Å². The summed E-state index contributed by atoms with van der Waals surface area (Å²) in [6, 6.07) is 9.76. The van der Waals surface area contributed by atoms with Gasteiger partial charge in [0.1, 0.15) is 16.6 Å². The maximum Gasteiger partial charge on any atom is 0.255 e. The van der Waals surface area contributed by atoms with Crippen molar-refractivity contribution in [1.82, 2.24) is 4.98 Å². The van der Waals surface area contributed by atoms with E-state index in [1.54, 1.807) is 18.3 Å². The molecule has 1 amide bonds. The Bertz CT molecular complexity index is 781. The number of hydrogen-bond acceptors (Lipinski definition) is 3. The van der Waals surface area contributed by atoms with Gasteiger partial charge in [-0.05, 0) is 36.4 Å². The second kappa shape index (κ2) is 6.03. The van der Waals surface area contributed by atoms with Crippen molar-refractivity contribution in [2.24, 2.45) is 0 Å². The zero-order chi connectivity index (χ0) is 15.5. The first kappa shape index (κ1) is 14.3. The molecule has 0 fully saturated rings. The molecule has 110 valence electrons. The Labute approximate surface area is 129 Å². The average Bonchev–Trinajstić information content (AvgIpc) is 3.01. The molecule has 1 N–H and O–H groups in total. The molecule has 6 heteroatoms. The van der Waals surface area contributed by atoms with Crippen LogP contribution in [-0.2, 0) is 0 Å². The maximum absolute atomic E-state index is 13.1. The number of anilines is 1. The number of aromatic nitrogens is 1. The highest BCUT2D eigenvalue weighted by Gasteiger charge is 2.10. The van der Waals surface area contributed by atoms with Gasteiger partial charge in [0.15, 0.2) is 0 Å². The number of nitrogens with zero attached hydrogens (tertiary/aromatic N) is 1. The topological polar surface area (TPSA) is 42.0 Å². The summed E-state index contributed by atoms with van der Waals surface area (Å²) in [5.74, 6) is -2.14. The van der Waals surface area contributed by atoms with E-state index in [1.165, 1.54) is 11.3 Å². The number of carbonyl (C=O) groups is 1. The third-order valence-corrected chi connectivity index (χ3v) is 3.77. The number of rotatable bonds is 3. The summed E-state index contributed by atoms with van der Waals surface area (Å²) < 4.78 is 26.2. The van der Waals surface area contributed by atoms with Gasteiger partial charge >= 0.3 is 0 Å². The largest absolute Gasteiger partial charge is 0.322 e. The molecule has 1 aromatic heterocycles. The fraction of sp³-hybridized carbons (Fsp3) is 0. The smallest absolute Gasteiger partial charge is 0.255 e. The van der Waals surface area contributed by atoms with Gasteiger partial charge in [-0.25, -0.2) is 13.8 Å². The van der Waals surface area contributed by atoms with E-state index < -0.39 is 17.5 Å². The number of amides is 1. The normalized spacial score (nSPS) is 10.5. The summed E-state index contributed by atoms with van der Waals surface area (Å²) in [5.41, 5.74) is 1.40. The minimum absolute atomic E-state index is 0.0681. The van der Waals surface area contributed by atoms with Crippen LogP contribution < -0.4 is 5.32 Å². The van der Waals surface area contributed by atoms with E-state index in [0.29, 0.717) is 5.69 Å². The first-order valence-electron chi connectivity index (χ1n) is 6.39. The lowest BCUT2D eigenvalue weighted by Crippen LogP contribution is -2.12. The van der Waals surface area contributed by atoms with Crippen LogP contribution in [0.3, 0.4) is 0 Å². The summed E-state index contributed by atoms with van der Waals surface area (Å²) in [7, 11) is 0. The number of benzene rings is 2. The molecule has 3 nitrogen and oxygen atoms in total. The van der Waals surface area contributed by atoms with Gasteiger partial charge in [0.05, 0.1) is 0 Å². The molecule has 0 saturated carbocycles. The van der Waals surface area contributed by atoms with Crippen molar-refractivity contribution in [3.63, 3.8) is 0 Å². The lowest BCUT2D eigenvalue weighted by atomic mass is 10.1. The molecular weight excluding hydrogens is 306 g/mol. The van der Waals surface area contributed by atoms with Crippen molar-refractivity contribution >= 4 is 22.9 Å². The molecule has 0 atom stereocenters. The molecule has 0 bridgehead atoms. The molecule has 0 spiro atoms. The Kier molecular flexibility index (Phi) is 3.93. The highest BCUT2D eigenvalue weighted by Crippen LogP contribution is 2.23. The number of thiazole rings is 1. The Morgan fingerprint density at radius 3 is 2.32 bits per heavy atom. The highest BCUT2D eigenvalue weighted by atomic mass is 32.1. The number of halogens is 2. The third kappa shape index (κ3) is 3.17. The lowest BCUT2D eigenvalue weighted by molar-refractivity contribution is 0.102. The zero-order valence-electron chi connectivity index (χ0n) is 11.2. The summed E-state index contributed by atoms with van der Waals surface area (Å²) in [5, 5.41) is 5.35. The molecule has 3 aromatic rings. The van der Waals surface area contributed by atoms with Crippen LogP contribution in [0.25, 0.3) is 10.6 Å². The van der Waals surface area contributed by atoms with Crippen LogP contribution in [0.5, 0.6) is 0 Å². The number of hydrogen-bond donors (Lipinski definition) is 1. The monoisotopic (exact) mass is 316 g/mol. The van der Waals surface area contributed by atoms with Gasteiger partial charge in [-0.3, -0.25) is 4.79 Å². The van der Waals surface area contributed by atoms with Crippen molar-refractivity contribution < 1.29 is 13.6 Å². The Morgan fingerprint density at radius 1 is 1.05 bits per heavy atom. The molecule has 0 aliphatic heterocycles. The first-order chi connectivity index (χ1) is 10.6. The number of nitrogens with one attached hydrogen (secondary N) is 1. The van der Waals surface area contributed by atoms with Crippen molar-refractivity contribution in [3.05, 3.63) is 71.2 Å². The molecule has 2 aromatic carbocycles. The molecule has 0 aliphatic rings. The minimum atomic E-state index is -0.788. The highest BCUT2D eigenvalue weighted by molar-refractivity contribution is 7.13. The maximum atomic E-state index is 13.1. The summed E-state index contributed by atoms with van der Waals surface area (Å²) >= 11 is 1.51. The summed E-state index contributed by atoms with van der Waals surface area (Å²) in [4.78, 5) is 16.2. The molecule has 0 unspecified atom stereocenters. The van der Waals surface area contributed by atoms with E-state index in [4.69, 9.17) is 0 Å². The minimum Gasteiger partial charge on any atom is -0.322 e. The standard InChI is InChI=1S/C16H10F2N2OS/c17-12-7-11(8-13(18)9-12)15(21)20-14-3-1-10(2-4-14)16-19-5-6-22-16/h1-9H,(H,20,21). The van der Waals surface area contributed by atoms with Crippen molar-refractivity contribution in [2.75, 3.05) is 5.32 Å². The van der Waals surface area contributed by atoms with Crippen LogP contribution in [0.2, 0.25) is 0 Å². The van der Waals surface area contributed by atoms with Gasteiger partial charge in [0, 0.05) is 34.5 Å². The van der Waals surface area contributed by atoms with Gasteiger partial charge in [-0.15, -0.1) is 11.3 Å². The van der Waals surface area contributed by atoms with E-state index in [0.717, 1.165) is 28.8 Å². The fourth-order valence-corrected chi connectivity index (χ4v) is 2.59. The predicted molar refractivity (Wildman–Crippen MR) is 81.9 cm³/mol. The van der Waals surface area contributed by atoms with Crippen molar-refractivity contribution in [2.45, 2.75) is 0 Å². The molecule has 1 heterocycles. The Balaban J connectivity index is 1.76. The number of carbonyl (C=O) groups excluding carboxylic acids is 1. The second-order valence-electron chi connectivity index (χ2n) is 4.53. The van der Waals surface area contributed by atoms with Crippen LogP contribution in [0.1, 0.15) is 10.4 Å². The zero-order valence-corrected chi connectivity index (χ0v) is 12.0. The lowest BCUT2D eigenvalue weighted by Gasteiger charge is -2.06.